The van der Waals surface area contributed by atoms with Crippen molar-refractivity contribution in [2.45, 2.75) is 6.92 Å². The van der Waals surface area contributed by atoms with E-state index >= 15 is 0 Å². The standard InChI is InChI=1S/C14H12O4/c1-2-18-14(17)12-10-6-4-3-5-9(10)7-8-11(12)13(15)16/h3-8H,2H2,1H3,(H,15,16). The van der Waals surface area contributed by atoms with Crippen LogP contribution in [0.3, 0.4) is 0 Å². The molecule has 18 heavy (non-hydrogen) atoms. The van der Waals surface area contributed by atoms with Gasteiger partial charge in [0.25, 0.3) is 0 Å². The van der Waals surface area contributed by atoms with Crippen LogP contribution in [-0.2, 0) is 4.74 Å². The summed E-state index contributed by atoms with van der Waals surface area (Å²) in [6.45, 7) is 1.89. The van der Waals surface area contributed by atoms with Crippen molar-refractivity contribution in [3.8, 4) is 0 Å². The lowest BCUT2D eigenvalue weighted by atomic mass is 9.99. The molecule has 0 aliphatic carbocycles. The molecule has 0 fully saturated rings. The van der Waals surface area contributed by atoms with Crippen molar-refractivity contribution < 1.29 is 19.4 Å². The highest BCUT2D eigenvalue weighted by Gasteiger charge is 2.20. The molecule has 0 aliphatic rings. The molecule has 0 radical (unpaired) electrons. The number of hydrogen-bond acceptors (Lipinski definition) is 3. The van der Waals surface area contributed by atoms with Crippen LogP contribution in [0, 0.1) is 0 Å². The molecule has 0 aromatic heterocycles. The van der Waals surface area contributed by atoms with E-state index in [9.17, 15) is 9.59 Å². The van der Waals surface area contributed by atoms with Crippen LogP contribution in [0.2, 0.25) is 0 Å². The van der Waals surface area contributed by atoms with Crippen molar-refractivity contribution in [3.63, 3.8) is 0 Å². The molecule has 1 N–H and O–H groups in total. The van der Waals surface area contributed by atoms with Crippen LogP contribution in [0.4, 0.5) is 0 Å². The number of carboxylic acid groups (broad SMARTS) is 1. The fourth-order valence-corrected chi connectivity index (χ4v) is 1.87. The number of carbonyl (C=O) groups excluding carboxylic acids is 1. The van der Waals surface area contributed by atoms with Gasteiger partial charge in [-0.3, -0.25) is 0 Å². The number of hydrogen-bond donors (Lipinski definition) is 1. The average Bonchev–Trinajstić information content (AvgIpc) is 2.37. The van der Waals surface area contributed by atoms with Gasteiger partial charge in [-0.05, 0) is 23.8 Å². The quantitative estimate of drug-likeness (QED) is 0.843. The van der Waals surface area contributed by atoms with Crippen molar-refractivity contribution in [2.24, 2.45) is 0 Å². The highest BCUT2D eigenvalue weighted by molar-refractivity contribution is 6.12. The molecule has 0 spiro atoms. The fourth-order valence-electron chi connectivity index (χ4n) is 1.87. The number of benzene rings is 2. The lowest BCUT2D eigenvalue weighted by Gasteiger charge is -2.09. The van der Waals surface area contributed by atoms with Crippen LogP contribution in [0.25, 0.3) is 10.8 Å². The summed E-state index contributed by atoms with van der Waals surface area (Å²) < 4.78 is 4.92. The molecule has 2 aromatic carbocycles. The molecule has 0 bridgehead atoms. The van der Waals surface area contributed by atoms with E-state index in [1.54, 1.807) is 25.1 Å². The molecule has 0 unspecified atom stereocenters. The Morgan fingerprint density at radius 2 is 1.89 bits per heavy atom. The lowest BCUT2D eigenvalue weighted by molar-refractivity contribution is 0.0517. The van der Waals surface area contributed by atoms with E-state index in [0.29, 0.717) is 5.39 Å². The van der Waals surface area contributed by atoms with Gasteiger partial charge in [0, 0.05) is 0 Å². The van der Waals surface area contributed by atoms with Gasteiger partial charge in [-0.15, -0.1) is 0 Å². The summed E-state index contributed by atoms with van der Waals surface area (Å²) in [5.41, 5.74) is 0.0783. The fraction of sp³-hybridized carbons (Fsp3) is 0.143. The minimum atomic E-state index is -1.14. The topological polar surface area (TPSA) is 63.6 Å². The highest BCUT2D eigenvalue weighted by atomic mass is 16.5. The first-order chi connectivity index (χ1) is 8.65. The molecule has 4 nitrogen and oxygen atoms in total. The monoisotopic (exact) mass is 244 g/mol. The summed E-state index contributed by atoms with van der Waals surface area (Å²) in [5.74, 6) is -1.74. The molecule has 2 aromatic rings. The van der Waals surface area contributed by atoms with E-state index in [4.69, 9.17) is 9.84 Å². The largest absolute Gasteiger partial charge is 0.478 e. The van der Waals surface area contributed by atoms with Crippen LogP contribution in [-0.4, -0.2) is 23.7 Å². The molecule has 4 heteroatoms. The van der Waals surface area contributed by atoms with Crippen molar-refractivity contribution in [1.82, 2.24) is 0 Å². The van der Waals surface area contributed by atoms with Gasteiger partial charge in [-0.1, -0.05) is 30.3 Å². The zero-order valence-corrected chi connectivity index (χ0v) is 9.84. The first kappa shape index (κ1) is 12.1. The third kappa shape index (κ3) is 2.05. The molecular formula is C14H12O4. The molecule has 0 heterocycles. The molecule has 92 valence electrons. The van der Waals surface area contributed by atoms with E-state index < -0.39 is 11.9 Å². The van der Waals surface area contributed by atoms with Gasteiger partial charge in [0.1, 0.15) is 0 Å². The van der Waals surface area contributed by atoms with Gasteiger partial charge < -0.3 is 9.84 Å². The Balaban J connectivity index is 2.74. The van der Waals surface area contributed by atoms with E-state index in [2.05, 4.69) is 0 Å². The summed E-state index contributed by atoms with van der Waals surface area (Å²) in [6, 6.07) is 10.2. The van der Waals surface area contributed by atoms with Crippen molar-refractivity contribution in [3.05, 3.63) is 47.5 Å². The Hall–Kier alpha value is -2.36. The van der Waals surface area contributed by atoms with E-state index in [1.807, 2.05) is 12.1 Å². The molecule has 0 amide bonds. The first-order valence-electron chi connectivity index (χ1n) is 5.57. The number of ether oxygens (including phenoxy) is 1. The Labute approximate surface area is 104 Å². The number of esters is 1. The van der Waals surface area contributed by atoms with Gasteiger partial charge in [0.15, 0.2) is 0 Å². The van der Waals surface area contributed by atoms with Gasteiger partial charge in [0.2, 0.25) is 0 Å². The third-order valence-electron chi connectivity index (χ3n) is 2.64. The van der Waals surface area contributed by atoms with E-state index in [1.165, 1.54) is 6.07 Å². The molecule has 0 saturated carbocycles. The Morgan fingerprint density at radius 3 is 2.56 bits per heavy atom. The molecule has 2 rings (SSSR count). The van der Waals surface area contributed by atoms with Crippen LogP contribution < -0.4 is 0 Å². The second kappa shape index (κ2) is 4.87. The molecule has 0 aliphatic heterocycles. The summed E-state index contributed by atoms with van der Waals surface area (Å²) >= 11 is 0. The number of rotatable bonds is 3. The minimum Gasteiger partial charge on any atom is -0.478 e. The Bertz CT molecular complexity index is 616. The number of fused-ring (bicyclic) bond motifs is 1. The van der Waals surface area contributed by atoms with E-state index in [-0.39, 0.29) is 17.7 Å². The smallest absolute Gasteiger partial charge is 0.339 e. The lowest BCUT2D eigenvalue weighted by Crippen LogP contribution is -2.12. The molecular weight excluding hydrogens is 232 g/mol. The maximum Gasteiger partial charge on any atom is 0.339 e. The van der Waals surface area contributed by atoms with Gasteiger partial charge in [-0.2, -0.15) is 0 Å². The second-order valence-corrected chi connectivity index (χ2v) is 3.73. The Morgan fingerprint density at radius 1 is 1.17 bits per heavy atom. The summed E-state index contributed by atoms with van der Waals surface area (Å²) in [5, 5.41) is 10.5. The van der Waals surface area contributed by atoms with Crippen molar-refractivity contribution >= 4 is 22.7 Å². The summed E-state index contributed by atoms with van der Waals surface area (Å²) in [4.78, 5) is 23.1. The van der Waals surface area contributed by atoms with Crippen molar-refractivity contribution in [2.75, 3.05) is 6.61 Å². The van der Waals surface area contributed by atoms with Crippen LogP contribution in [0.15, 0.2) is 36.4 Å². The Kier molecular flexibility index (Phi) is 3.28. The second-order valence-electron chi connectivity index (χ2n) is 3.73. The minimum absolute atomic E-state index is 0.0350. The predicted molar refractivity (Wildman–Crippen MR) is 66.9 cm³/mol. The van der Waals surface area contributed by atoms with Crippen molar-refractivity contribution in [1.29, 1.82) is 0 Å². The van der Waals surface area contributed by atoms with Gasteiger partial charge in [-0.25, -0.2) is 9.59 Å². The normalized spacial score (nSPS) is 10.3. The molecule has 0 saturated heterocycles. The van der Waals surface area contributed by atoms with Gasteiger partial charge >= 0.3 is 11.9 Å². The van der Waals surface area contributed by atoms with Gasteiger partial charge in [0.05, 0.1) is 17.7 Å². The zero-order valence-electron chi connectivity index (χ0n) is 9.84. The van der Waals surface area contributed by atoms with Crippen LogP contribution >= 0.6 is 0 Å². The SMILES string of the molecule is CCOC(=O)c1c(C(=O)O)ccc2ccccc12. The zero-order chi connectivity index (χ0) is 13.1. The first-order valence-corrected chi connectivity index (χ1v) is 5.57. The number of carboxylic acids is 1. The summed E-state index contributed by atoms with van der Waals surface area (Å²) in [6.07, 6.45) is 0. The predicted octanol–water partition coefficient (Wildman–Crippen LogP) is 2.71. The maximum absolute atomic E-state index is 11.9. The maximum atomic E-state index is 11.9. The molecule has 0 atom stereocenters. The number of aromatic carboxylic acids is 1. The van der Waals surface area contributed by atoms with Crippen LogP contribution in [0.1, 0.15) is 27.6 Å². The third-order valence-corrected chi connectivity index (χ3v) is 2.64. The van der Waals surface area contributed by atoms with Crippen LogP contribution in [0.5, 0.6) is 0 Å². The highest BCUT2D eigenvalue weighted by Crippen LogP contribution is 2.23. The van der Waals surface area contributed by atoms with E-state index in [0.717, 1.165) is 5.39 Å². The number of carbonyl (C=O) groups is 2. The average molecular weight is 244 g/mol. The summed E-state index contributed by atoms with van der Waals surface area (Å²) in [7, 11) is 0.